The molecule has 1 amide bonds. The molecule has 2 aliphatic rings. The first-order valence-corrected chi connectivity index (χ1v) is 10.4. The lowest BCUT2D eigenvalue weighted by Crippen LogP contribution is -2.84. The molecule has 2 heterocycles. The highest BCUT2D eigenvalue weighted by Gasteiger charge is 2.50. The van der Waals surface area contributed by atoms with Crippen molar-refractivity contribution in [3.8, 4) is 12.3 Å². The molecule has 0 radical (unpaired) electrons. The van der Waals surface area contributed by atoms with Gasteiger partial charge in [-0.1, -0.05) is 84.8 Å². The third-order valence-corrected chi connectivity index (χ3v) is 5.79. The average molecular weight is 404 g/mol. The van der Waals surface area contributed by atoms with Gasteiger partial charge in [-0.05, 0) is 17.7 Å². The quantitative estimate of drug-likeness (QED) is 0.666. The van der Waals surface area contributed by atoms with Crippen LogP contribution in [0.2, 0.25) is 0 Å². The molecule has 4 nitrogen and oxygen atoms in total. The zero-order chi connectivity index (χ0) is 21.2. The van der Waals surface area contributed by atoms with Gasteiger partial charge in [0.1, 0.15) is 6.04 Å². The lowest BCUT2D eigenvalue weighted by Gasteiger charge is -2.30. The maximum absolute atomic E-state index is 13.5. The van der Waals surface area contributed by atoms with Crippen LogP contribution in [0.1, 0.15) is 22.7 Å². The minimum absolute atomic E-state index is 0.0438. The van der Waals surface area contributed by atoms with Crippen LogP contribution in [-0.4, -0.2) is 34.4 Å². The van der Waals surface area contributed by atoms with Crippen LogP contribution in [0, 0.1) is 12.3 Å². The highest BCUT2D eigenvalue weighted by Crippen LogP contribution is 2.27. The SMILES string of the molecule is C#CC1C(c2ccccc2)=[NH+]C(c2ccccc2)C2=NC(Cc3ccccc3)C(=O)N21. The van der Waals surface area contributed by atoms with E-state index < -0.39 is 12.1 Å². The van der Waals surface area contributed by atoms with Gasteiger partial charge in [0.05, 0.1) is 0 Å². The van der Waals surface area contributed by atoms with E-state index in [0.717, 1.165) is 22.4 Å². The van der Waals surface area contributed by atoms with Gasteiger partial charge >= 0.3 is 0 Å². The minimum Gasteiger partial charge on any atom is -0.272 e. The maximum Gasteiger partial charge on any atom is 0.254 e. The summed E-state index contributed by atoms with van der Waals surface area (Å²) in [6, 6.07) is 28.8. The van der Waals surface area contributed by atoms with Crippen LogP contribution in [0.4, 0.5) is 0 Å². The van der Waals surface area contributed by atoms with Crippen molar-refractivity contribution >= 4 is 17.5 Å². The molecule has 0 fully saturated rings. The number of nitrogens with zero attached hydrogens (tertiary/aromatic N) is 2. The van der Waals surface area contributed by atoms with Gasteiger partial charge in [0, 0.05) is 17.5 Å². The Morgan fingerprint density at radius 2 is 1.52 bits per heavy atom. The molecule has 3 atom stereocenters. The first-order chi connectivity index (χ1) is 15.3. The number of terminal acetylenes is 1. The Kier molecular flexibility index (Phi) is 4.93. The average Bonchev–Trinajstić information content (AvgIpc) is 3.15. The van der Waals surface area contributed by atoms with Crippen LogP contribution >= 0.6 is 0 Å². The molecule has 2 aliphatic heterocycles. The van der Waals surface area contributed by atoms with Crippen LogP contribution in [0.25, 0.3) is 0 Å². The Balaban J connectivity index is 1.61. The summed E-state index contributed by atoms with van der Waals surface area (Å²) < 4.78 is 0. The summed E-state index contributed by atoms with van der Waals surface area (Å²) in [4.78, 5) is 23.8. The summed E-state index contributed by atoms with van der Waals surface area (Å²) >= 11 is 0. The number of rotatable bonds is 4. The van der Waals surface area contributed by atoms with Crippen LogP contribution < -0.4 is 4.99 Å². The molecule has 150 valence electrons. The van der Waals surface area contributed by atoms with Gasteiger partial charge in [-0.25, -0.2) is 4.99 Å². The van der Waals surface area contributed by atoms with E-state index >= 15 is 0 Å². The van der Waals surface area contributed by atoms with Crippen molar-refractivity contribution < 1.29 is 9.79 Å². The molecule has 0 bridgehead atoms. The maximum atomic E-state index is 13.5. The van der Waals surface area contributed by atoms with Crippen molar-refractivity contribution in [2.24, 2.45) is 4.99 Å². The minimum atomic E-state index is -0.519. The highest BCUT2D eigenvalue weighted by atomic mass is 16.2. The van der Waals surface area contributed by atoms with Gasteiger partial charge in [0.15, 0.2) is 11.9 Å². The second-order valence-electron chi connectivity index (χ2n) is 7.74. The van der Waals surface area contributed by atoms with Crippen molar-refractivity contribution in [1.82, 2.24) is 4.90 Å². The number of carbonyl (C=O) groups excluding carboxylic acids is 1. The number of hydrogen-bond acceptors (Lipinski definition) is 2. The molecule has 4 heteroatoms. The zero-order valence-electron chi connectivity index (χ0n) is 17.0. The topological polar surface area (TPSA) is 46.6 Å². The molecule has 0 saturated heterocycles. The van der Waals surface area contributed by atoms with E-state index in [1.807, 2.05) is 91.0 Å². The van der Waals surface area contributed by atoms with E-state index in [1.54, 1.807) is 4.90 Å². The summed E-state index contributed by atoms with van der Waals surface area (Å²) in [5.41, 5.74) is 3.96. The molecule has 5 rings (SSSR count). The fourth-order valence-electron chi connectivity index (χ4n) is 4.32. The van der Waals surface area contributed by atoms with E-state index in [0.29, 0.717) is 12.3 Å². The predicted molar refractivity (Wildman–Crippen MR) is 122 cm³/mol. The number of nitrogens with one attached hydrogen (secondary N) is 1. The third kappa shape index (κ3) is 3.45. The van der Waals surface area contributed by atoms with Crippen molar-refractivity contribution in [3.63, 3.8) is 0 Å². The van der Waals surface area contributed by atoms with E-state index in [2.05, 4.69) is 10.9 Å². The molecule has 3 aromatic rings. The fourth-order valence-corrected chi connectivity index (χ4v) is 4.32. The number of carbonyl (C=O) groups is 1. The number of fused-ring (bicyclic) bond motifs is 1. The first kappa shape index (κ1) is 19.0. The largest absolute Gasteiger partial charge is 0.272 e. The summed E-state index contributed by atoms with van der Waals surface area (Å²) in [7, 11) is 0. The second kappa shape index (κ2) is 8.04. The van der Waals surface area contributed by atoms with Crippen molar-refractivity contribution in [2.45, 2.75) is 24.5 Å². The summed E-state index contributed by atoms with van der Waals surface area (Å²) in [5.74, 6) is 3.49. The zero-order valence-corrected chi connectivity index (χ0v) is 17.0. The number of hydrogen-bond donors (Lipinski definition) is 1. The molecule has 31 heavy (non-hydrogen) atoms. The van der Waals surface area contributed by atoms with Crippen LogP contribution in [0.5, 0.6) is 0 Å². The Morgan fingerprint density at radius 1 is 0.903 bits per heavy atom. The molecule has 3 aromatic carbocycles. The molecule has 0 spiro atoms. The molecule has 1 N–H and O–H groups in total. The van der Waals surface area contributed by atoms with Crippen molar-refractivity contribution in [1.29, 1.82) is 0 Å². The van der Waals surface area contributed by atoms with E-state index in [9.17, 15) is 4.79 Å². The van der Waals surface area contributed by atoms with E-state index in [-0.39, 0.29) is 11.9 Å². The van der Waals surface area contributed by atoms with E-state index in [1.165, 1.54) is 0 Å². The summed E-state index contributed by atoms with van der Waals surface area (Å²) in [6.07, 6.45) is 6.53. The molecular formula is C27H22N3O+. The molecule has 0 aromatic heterocycles. The van der Waals surface area contributed by atoms with Crippen molar-refractivity contribution in [3.05, 3.63) is 108 Å². The second-order valence-corrected chi connectivity index (χ2v) is 7.74. The van der Waals surface area contributed by atoms with Crippen LogP contribution in [-0.2, 0) is 11.2 Å². The number of benzene rings is 3. The lowest BCUT2D eigenvalue weighted by atomic mass is 9.95. The number of aliphatic imine (C=N–C) groups is 1. The normalized spacial score (nSPS) is 22.4. The van der Waals surface area contributed by atoms with Gasteiger partial charge in [0.2, 0.25) is 11.8 Å². The molecule has 0 saturated carbocycles. The molecule has 3 unspecified atom stereocenters. The van der Waals surface area contributed by atoms with E-state index in [4.69, 9.17) is 11.4 Å². The van der Waals surface area contributed by atoms with Gasteiger partial charge in [0.25, 0.3) is 5.91 Å². The Hall–Kier alpha value is -3.97. The molecule has 0 aliphatic carbocycles. The summed E-state index contributed by atoms with van der Waals surface area (Å²) in [6.45, 7) is 0. The first-order valence-electron chi connectivity index (χ1n) is 10.4. The van der Waals surface area contributed by atoms with Gasteiger partial charge < -0.3 is 0 Å². The highest BCUT2D eigenvalue weighted by molar-refractivity contribution is 6.16. The van der Waals surface area contributed by atoms with Gasteiger partial charge in [-0.2, -0.15) is 0 Å². The smallest absolute Gasteiger partial charge is 0.254 e. The third-order valence-electron chi connectivity index (χ3n) is 5.79. The predicted octanol–water partition coefficient (Wildman–Crippen LogP) is 2.17. The lowest BCUT2D eigenvalue weighted by molar-refractivity contribution is -0.494. The van der Waals surface area contributed by atoms with Gasteiger partial charge in [-0.3, -0.25) is 14.7 Å². The Morgan fingerprint density at radius 3 is 2.16 bits per heavy atom. The summed E-state index contributed by atoms with van der Waals surface area (Å²) in [5, 5.41) is 0. The number of amidine groups is 1. The van der Waals surface area contributed by atoms with Crippen LogP contribution in [0.15, 0.2) is 96.0 Å². The standard InChI is InChI=1S/C27H21N3O/c1-2-23-24(20-14-8-4-9-15-20)29-25(21-16-10-5-11-17-21)26-28-22(27(31)30(23)26)18-19-12-6-3-7-13-19/h1,3-17,22-23,25H,18H2/p+1. The molecular weight excluding hydrogens is 382 g/mol. The van der Waals surface area contributed by atoms with Crippen LogP contribution in [0.3, 0.4) is 0 Å². The monoisotopic (exact) mass is 404 g/mol. The number of amides is 1. The Labute approximate surface area is 182 Å². The van der Waals surface area contributed by atoms with Crippen molar-refractivity contribution in [2.75, 3.05) is 0 Å². The van der Waals surface area contributed by atoms with Gasteiger partial charge in [-0.15, -0.1) is 6.42 Å². The Bertz CT molecular complexity index is 1190. The fraction of sp³-hybridized carbons (Fsp3) is 0.148.